The molecule has 0 radical (unpaired) electrons. The first-order valence-electron chi connectivity index (χ1n) is 4.10. The summed E-state index contributed by atoms with van der Waals surface area (Å²) in [5.41, 5.74) is 1.29. The molecule has 0 aromatic carbocycles. The van der Waals surface area contributed by atoms with Gasteiger partial charge >= 0.3 is 0 Å². The summed E-state index contributed by atoms with van der Waals surface area (Å²) in [7, 11) is -3.45. The highest BCUT2D eigenvalue weighted by Gasteiger charge is 2.05. The van der Waals surface area contributed by atoms with Crippen LogP contribution in [0.1, 0.15) is 11.3 Å². The quantitative estimate of drug-likeness (QED) is 0.577. The smallest absolute Gasteiger partial charge is 0.270 e. The van der Waals surface area contributed by atoms with Crippen molar-refractivity contribution >= 4 is 15.9 Å². The van der Waals surface area contributed by atoms with E-state index in [0.717, 1.165) is 6.26 Å². The minimum absolute atomic E-state index is 0.0648. The van der Waals surface area contributed by atoms with E-state index in [0.29, 0.717) is 11.3 Å². The minimum Gasteiger partial charge on any atom is -0.361 e. The van der Waals surface area contributed by atoms with E-state index in [9.17, 15) is 8.42 Å². The molecular weight excluding hydrogens is 216 g/mol. The van der Waals surface area contributed by atoms with Crippen LogP contribution >= 0.6 is 0 Å². The van der Waals surface area contributed by atoms with Crippen LogP contribution in [0.15, 0.2) is 12.1 Å². The van der Waals surface area contributed by atoms with Gasteiger partial charge in [-0.15, -0.1) is 4.98 Å². The highest BCUT2D eigenvalue weighted by Crippen LogP contribution is 2.14. The van der Waals surface area contributed by atoms with Crippen LogP contribution in [-0.2, 0) is 20.9 Å². The summed E-state index contributed by atoms with van der Waals surface area (Å²) in [4.78, 5) is 7.11. The lowest BCUT2D eigenvalue weighted by atomic mass is 10.2. The number of hydrogen-bond donors (Lipinski definition) is 0. The minimum atomic E-state index is -3.45. The monoisotopic (exact) mass is 226 g/mol. The van der Waals surface area contributed by atoms with E-state index >= 15 is 0 Å². The molecule has 6 heteroatoms. The average molecular weight is 226 g/mol. The van der Waals surface area contributed by atoms with Crippen molar-refractivity contribution in [1.82, 2.24) is 4.98 Å². The number of rotatable bonds is 3. The Morgan fingerprint density at radius 3 is 2.73 bits per heavy atom. The van der Waals surface area contributed by atoms with Gasteiger partial charge in [-0.1, -0.05) is 6.57 Å². The van der Waals surface area contributed by atoms with Crippen LogP contribution in [0, 0.1) is 13.5 Å². The summed E-state index contributed by atoms with van der Waals surface area (Å²) in [6, 6.07) is 3.19. The lowest BCUT2D eigenvalue weighted by Crippen LogP contribution is -2.03. The number of pyridine rings is 1. The molecule has 1 rings (SSSR count). The Balaban J connectivity index is 2.87. The van der Waals surface area contributed by atoms with E-state index in [1.807, 2.05) is 0 Å². The largest absolute Gasteiger partial charge is 0.361 e. The summed E-state index contributed by atoms with van der Waals surface area (Å²) < 4.78 is 26.1. The van der Waals surface area contributed by atoms with Crippen LogP contribution in [0.4, 0.5) is 5.82 Å². The molecular formula is C9H10N2O3S. The van der Waals surface area contributed by atoms with E-state index in [-0.39, 0.29) is 12.4 Å². The summed E-state index contributed by atoms with van der Waals surface area (Å²) >= 11 is 0. The summed E-state index contributed by atoms with van der Waals surface area (Å²) in [6.45, 7) is 8.47. The van der Waals surface area contributed by atoms with Gasteiger partial charge in [0.05, 0.1) is 12.9 Å². The van der Waals surface area contributed by atoms with E-state index < -0.39 is 10.1 Å². The van der Waals surface area contributed by atoms with Gasteiger partial charge < -0.3 is 4.85 Å². The fourth-order valence-electron chi connectivity index (χ4n) is 1.04. The Hall–Kier alpha value is -1.45. The fourth-order valence-corrected chi connectivity index (χ4v) is 1.39. The van der Waals surface area contributed by atoms with Crippen LogP contribution < -0.4 is 0 Å². The maximum absolute atomic E-state index is 10.7. The number of aromatic nitrogens is 1. The van der Waals surface area contributed by atoms with Crippen LogP contribution in [0.3, 0.4) is 0 Å². The summed E-state index contributed by atoms with van der Waals surface area (Å²) in [6.07, 6.45) is 0.983. The number of aryl methyl sites for hydroxylation is 1. The van der Waals surface area contributed by atoms with E-state index in [1.165, 1.54) is 6.07 Å². The Morgan fingerprint density at radius 1 is 1.53 bits per heavy atom. The second kappa shape index (κ2) is 4.38. The maximum atomic E-state index is 10.7. The lowest BCUT2D eigenvalue weighted by molar-refractivity contribution is 0.311. The maximum Gasteiger partial charge on any atom is 0.270 e. The van der Waals surface area contributed by atoms with Gasteiger partial charge in [-0.05, 0) is 17.7 Å². The summed E-state index contributed by atoms with van der Waals surface area (Å²) in [5, 5.41) is 0. The Bertz CT molecular complexity index is 503. The topological polar surface area (TPSA) is 60.6 Å². The third-order valence-corrected chi connectivity index (χ3v) is 2.10. The fraction of sp³-hybridized carbons (Fsp3) is 0.333. The number of hydrogen-bond acceptors (Lipinski definition) is 4. The van der Waals surface area contributed by atoms with Gasteiger partial charge in [0.15, 0.2) is 0 Å². The molecule has 0 aliphatic rings. The van der Waals surface area contributed by atoms with Gasteiger partial charge in [-0.3, -0.25) is 4.18 Å². The molecule has 0 fully saturated rings. The van der Waals surface area contributed by atoms with Crippen molar-refractivity contribution in [2.24, 2.45) is 0 Å². The molecule has 15 heavy (non-hydrogen) atoms. The van der Waals surface area contributed by atoms with E-state index in [2.05, 4.69) is 14.0 Å². The normalized spacial score (nSPS) is 11.0. The van der Waals surface area contributed by atoms with E-state index in [1.54, 1.807) is 13.0 Å². The zero-order chi connectivity index (χ0) is 11.5. The third kappa shape index (κ3) is 4.06. The molecule has 0 N–H and O–H groups in total. The number of nitrogens with zero attached hydrogens (tertiary/aromatic N) is 2. The molecule has 0 unspecified atom stereocenters. The van der Waals surface area contributed by atoms with Crippen molar-refractivity contribution in [1.29, 1.82) is 0 Å². The molecule has 1 heterocycles. The van der Waals surface area contributed by atoms with Crippen LogP contribution in [0.5, 0.6) is 0 Å². The molecule has 0 saturated heterocycles. The molecule has 1 aromatic rings. The first-order chi connectivity index (χ1) is 6.90. The highest BCUT2D eigenvalue weighted by atomic mass is 32.2. The van der Waals surface area contributed by atoms with Crippen molar-refractivity contribution < 1.29 is 12.6 Å². The van der Waals surface area contributed by atoms with Gasteiger partial charge in [-0.2, -0.15) is 8.42 Å². The molecule has 5 nitrogen and oxygen atoms in total. The first kappa shape index (κ1) is 11.6. The summed E-state index contributed by atoms with van der Waals surface area (Å²) in [5.74, 6) is 0.238. The van der Waals surface area contributed by atoms with Crippen molar-refractivity contribution in [2.45, 2.75) is 13.5 Å². The van der Waals surface area contributed by atoms with Crippen molar-refractivity contribution in [3.8, 4) is 0 Å². The molecule has 1 aromatic heterocycles. The molecule has 80 valence electrons. The van der Waals surface area contributed by atoms with Gasteiger partial charge in [-0.25, -0.2) is 0 Å². The lowest BCUT2D eigenvalue weighted by Gasteiger charge is -2.02. The van der Waals surface area contributed by atoms with Crippen LogP contribution in [-0.4, -0.2) is 19.7 Å². The average Bonchev–Trinajstić information content (AvgIpc) is 2.13. The Morgan fingerprint density at radius 2 is 2.20 bits per heavy atom. The second-order valence-corrected chi connectivity index (χ2v) is 4.70. The standard InChI is InChI=1S/C9H10N2O3S/c1-7-4-8(5-9(10-2)11-7)6-14-15(3,12)13/h4-5H,6H2,1,3H3. The van der Waals surface area contributed by atoms with Gasteiger partial charge in [0.1, 0.15) is 5.69 Å². The van der Waals surface area contributed by atoms with Crippen molar-refractivity contribution in [2.75, 3.05) is 6.26 Å². The van der Waals surface area contributed by atoms with E-state index in [4.69, 9.17) is 6.57 Å². The molecule has 0 aliphatic carbocycles. The predicted molar refractivity (Wildman–Crippen MR) is 54.9 cm³/mol. The molecule has 0 aliphatic heterocycles. The molecule has 0 bridgehead atoms. The van der Waals surface area contributed by atoms with Crippen LogP contribution in [0.25, 0.3) is 4.85 Å². The highest BCUT2D eigenvalue weighted by molar-refractivity contribution is 7.85. The van der Waals surface area contributed by atoms with Crippen molar-refractivity contribution in [3.63, 3.8) is 0 Å². The van der Waals surface area contributed by atoms with Crippen molar-refractivity contribution in [3.05, 3.63) is 34.8 Å². The predicted octanol–water partition coefficient (Wildman–Crippen LogP) is 1.42. The Kier molecular flexibility index (Phi) is 3.39. The van der Waals surface area contributed by atoms with Gasteiger partial charge in [0.2, 0.25) is 0 Å². The van der Waals surface area contributed by atoms with Gasteiger partial charge in [0, 0.05) is 6.92 Å². The molecule has 0 amide bonds. The Labute approximate surface area is 88.7 Å². The third-order valence-electron chi connectivity index (χ3n) is 1.55. The van der Waals surface area contributed by atoms with Gasteiger partial charge in [0.25, 0.3) is 15.9 Å². The first-order valence-corrected chi connectivity index (χ1v) is 5.92. The SMILES string of the molecule is [C-]#[N+]c1cc(COS(C)(=O)=O)cc(C)n1. The zero-order valence-electron chi connectivity index (χ0n) is 8.39. The zero-order valence-corrected chi connectivity index (χ0v) is 9.21. The molecule has 0 saturated carbocycles. The second-order valence-electron chi connectivity index (χ2n) is 3.05. The molecule has 0 spiro atoms. The van der Waals surface area contributed by atoms with Crippen LogP contribution in [0.2, 0.25) is 0 Å². The molecule has 0 atom stereocenters.